The number of hydrogen-bond acceptors (Lipinski definition) is 5. The minimum Gasteiger partial charge on any atom is -0.444 e. The zero-order valence-electron chi connectivity index (χ0n) is 22.0. The molecule has 208 valence electrons. The van der Waals surface area contributed by atoms with E-state index in [1.165, 1.54) is 0 Å². The van der Waals surface area contributed by atoms with Gasteiger partial charge in [-0.25, -0.2) is 14.3 Å². The molecule has 38 heavy (non-hydrogen) atoms. The number of para-hydroxylation sites is 1. The smallest absolute Gasteiger partial charge is 0.435 e. The lowest BCUT2D eigenvalue weighted by molar-refractivity contribution is -0.141. The number of carbonyl (C=O) groups is 3. The number of nitrogens with zero attached hydrogens (tertiary/aromatic N) is 4. The largest absolute Gasteiger partial charge is 0.444 e. The molecule has 1 aromatic heterocycles. The molecule has 13 heteroatoms. The van der Waals surface area contributed by atoms with E-state index in [0.717, 1.165) is 10.9 Å². The number of ether oxygens (including phenoxy) is 1. The molecule has 1 aliphatic heterocycles. The summed E-state index contributed by atoms with van der Waals surface area (Å²) in [5, 5.41) is 8.64. The van der Waals surface area contributed by atoms with Crippen LogP contribution in [0.4, 0.5) is 22.8 Å². The van der Waals surface area contributed by atoms with Crippen molar-refractivity contribution in [2.45, 2.75) is 58.5 Å². The summed E-state index contributed by atoms with van der Waals surface area (Å²) in [5.74, 6) is -0.957. The van der Waals surface area contributed by atoms with Crippen molar-refractivity contribution in [3.63, 3.8) is 0 Å². The molecule has 1 aliphatic rings. The Labute approximate surface area is 219 Å². The fourth-order valence-electron chi connectivity index (χ4n) is 4.19. The van der Waals surface area contributed by atoms with Crippen molar-refractivity contribution in [2.24, 2.45) is 0 Å². The topological polar surface area (TPSA) is 109 Å². The summed E-state index contributed by atoms with van der Waals surface area (Å²) in [6, 6.07) is 7.12. The summed E-state index contributed by atoms with van der Waals surface area (Å²) in [5.41, 5.74) is -2.18. The molecule has 2 heterocycles. The molecule has 0 saturated carbocycles. The first-order chi connectivity index (χ1) is 17.7. The van der Waals surface area contributed by atoms with E-state index in [0.29, 0.717) is 5.69 Å². The zero-order chi connectivity index (χ0) is 28.3. The van der Waals surface area contributed by atoms with E-state index in [-0.39, 0.29) is 38.3 Å². The highest BCUT2D eigenvalue weighted by atomic mass is 19.4. The Balaban J connectivity index is 1.55. The average Bonchev–Trinajstić information content (AvgIpc) is 3.27. The van der Waals surface area contributed by atoms with Gasteiger partial charge in [-0.1, -0.05) is 18.2 Å². The molecule has 2 aromatic rings. The highest BCUT2D eigenvalue weighted by Gasteiger charge is 2.39. The molecule has 0 spiro atoms. The number of halogens is 3. The summed E-state index contributed by atoms with van der Waals surface area (Å²) in [6.07, 6.45) is -4.25. The molecule has 0 aliphatic carbocycles. The fourth-order valence-corrected chi connectivity index (χ4v) is 4.19. The van der Waals surface area contributed by atoms with Gasteiger partial charge in [-0.15, -0.1) is 0 Å². The maximum absolute atomic E-state index is 13.5. The fraction of sp³-hybridized carbons (Fsp3) is 0.520. The predicted molar refractivity (Wildman–Crippen MR) is 133 cm³/mol. The SMILES string of the molecule is CC1CN(C(=O)OC(C)(C)C)CC(C)N1C(=O)NCCNC(=O)c1cn(-c2ccccc2)nc1C(F)(F)F. The van der Waals surface area contributed by atoms with Crippen molar-refractivity contribution in [1.29, 1.82) is 0 Å². The Morgan fingerprint density at radius 2 is 1.58 bits per heavy atom. The quantitative estimate of drug-likeness (QED) is 0.565. The summed E-state index contributed by atoms with van der Waals surface area (Å²) >= 11 is 0. The van der Waals surface area contributed by atoms with Gasteiger partial charge in [0.1, 0.15) is 5.60 Å². The Kier molecular flexibility index (Phi) is 8.58. The van der Waals surface area contributed by atoms with E-state index in [1.807, 2.05) is 0 Å². The van der Waals surface area contributed by atoms with Crippen molar-refractivity contribution >= 4 is 18.0 Å². The number of nitrogens with one attached hydrogen (secondary N) is 2. The second-order valence-electron chi connectivity index (χ2n) is 10.1. The number of aromatic nitrogens is 2. The molecule has 1 fully saturated rings. The number of amides is 4. The van der Waals surface area contributed by atoms with E-state index in [2.05, 4.69) is 15.7 Å². The van der Waals surface area contributed by atoms with Crippen LogP contribution in [0.3, 0.4) is 0 Å². The maximum Gasteiger partial charge on any atom is 0.435 e. The lowest BCUT2D eigenvalue weighted by Gasteiger charge is -2.44. The van der Waals surface area contributed by atoms with E-state index in [1.54, 1.807) is 74.8 Å². The minimum atomic E-state index is -4.82. The van der Waals surface area contributed by atoms with Crippen molar-refractivity contribution in [1.82, 2.24) is 30.2 Å². The Hall–Kier alpha value is -3.77. The van der Waals surface area contributed by atoms with Crippen molar-refractivity contribution in [3.8, 4) is 5.69 Å². The van der Waals surface area contributed by atoms with Gasteiger partial charge < -0.3 is 25.2 Å². The normalized spacial score (nSPS) is 18.2. The van der Waals surface area contributed by atoms with Gasteiger partial charge in [-0.2, -0.15) is 18.3 Å². The van der Waals surface area contributed by atoms with Crippen LogP contribution in [0.5, 0.6) is 0 Å². The second kappa shape index (κ2) is 11.3. The van der Waals surface area contributed by atoms with Crippen LogP contribution in [-0.2, 0) is 10.9 Å². The first-order valence-electron chi connectivity index (χ1n) is 12.2. The number of alkyl halides is 3. The van der Waals surface area contributed by atoms with Gasteiger partial charge in [0.2, 0.25) is 0 Å². The number of carbonyl (C=O) groups excluding carboxylic acids is 3. The van der Waals surface area contributed by atoms with Crippen molar-refractivity contribution in [2.75, 3.05) is 26.2 Å². The lowest BCUT2D eigenvalue weighted by Crippen LogP contribution is -2.62. The number of rotatable bonds is 5. The zero-order valence-corrected chi connectivity index (χ0v) is 22.0. The van der Waals surface area contributed by atoms with Gasteiger partial charge in [0.15, 0.2) is 5.69 Å². The first-order valence-corrected chi connectivity index (χ1v) is 12.2. The molecule has 0 radical (unpaired) electrons. The van der Waals surface area contributed by atoms with Crippen LogP contribution in [-0.4, -0.2) is 81.5 Å². The standard InChI is InChI=1S/C25H33F3N6O4/c1-16-13-32(23(37)38-24(3,4)5)14-17(2)34(16)22(36)30-12-11-29-21(35)19-15-33(18-9-7-6-8-10-18)31-20(19)25(26,27)28/h6-10,15-17H,11-14H2,1-5H3,(H,29,35)(H,30,36). The van der Waals surface area contributed by atoms with Crippen LogP contribution < -0.4 is 10.6 Å². The van der Waals surface area contributed by atoms with Crippen LogP contribution >= 0.6 is 0 Å². The Morgan fingerprint density at radius 3 is 2.13 bits per heavy atom. The minimum absolute atomic E-state index is 0.00946. The Bertz CT molecular complexity index is 1130. The summed E-state index contributed by atoms with van der Waals surface area (Å²) in [7, 11) is 0. The van der Waals surface area contributed by atoms with E-state index in [4.69, 9.17) is 4.74 Å². The Morgan fingerprint density at radius 1 is 1.00 bits per heavy atom. The van der Waals surface area contributed by atoms with Crippen molar-refractivity contribution < 1.29 is 32.3 Å². The second-order valence-corrected chi connectivity index (χ2v) is 10.1. The molecule has 10 nitrogen and oxygen atoms in total. The molecular formula is C25H33F3N6O4. The van der Waals surface area contributed by atoms with Crippen LogP contribution in [0.1, 0.15) is 50.7 Å². The predicted octanol–water partition coefficient (Wildman–Crippen LogP) is 3.66. The van der Waals surface area contributed by atoms with Gasteiger partial charge in [0, 0.05) is 44.5 Å². The van der Waals surface area contributed by atoms with Crippen molar-refractivity contribution in [3.05, 3.63) is 47.8 Å². The van der Waals surface area contributed by atoms with Crippen LogP contribution in [0.2, 0.25) is 0 Å². The molecule has 2 unspecified atom stereocenters. The maximum atomic E-state index is 13.5. The highest BCUT2D eigenvalue weighted by molar-refractivity contribution is 5.95. The van der Waals surface area contributed by atoms with Gasteiger partial charge >= 0.3 is 18.3 Å². The summed E-state index contributed by atoms with van der Waals surface area (Å²) in [4.78, 5) is 40.9. The molecule has 1 saturated heterocycles. The number of urea groups is 1. The van der Waals surface area contributed by atoms with Gasteiger partial charge in [-0.3, -0.25) is 4.79 Å². The number of piperazine rings is 1. The third kappa shape index (κ3) is 7.17. The molecule has 4 amide bonds. The molecule has 2 N–H and O–H groups in total. The van der Waals surface area contributed by atoms with Crippen LogP contribution in [0.25, 0.3) is 5.69 Å². The van der Waals surface area contributed by atoms with E-state index in [9.17, 15) is 27.6 Å². The van der Waals surface area contributed by atoms with Crippen LogP contribution in [0.15, 0.2) is 36.5 Å². The molecule has 0 bridgehead atoms. The number of hydrogen-bond donors (Lipinski definition) is 2. The van der Waals surface area contributed by atoms with Gasteiger partial charge in [0.05, 0.1) is 11.3 Å². The van der Waals surface area contributed by atoms with Gasteiger partial charge in [0.25, 0.3) is 5.91 Å². The monoisotopic (exact) mass is 538 g/mol. The lowest BCUT2D eigenvalue weighted by atomic mass is 10.1. The molecular weight excluding hydrogens is 505 g/mol. The third-order valence-electron chi connectivity index (χ3n) is 5.74. The third-order valence-corrected chi connectivity index (χ3v) is 5.74. The van der Waals surface area contributed by atoms with E-state index < -0.39 is 41.1 Å². The van der Waals surface area contributed by atoms with Gasteiger partial charge in [-0.05, 0) is 46.8 Å². The number of benzene rings is 1. The highest BCUT2D eigenvalue weighted by Crippen LogP contribution is 2.31. The van der Waals surface area contributed by atoms with E-state index >= 15 is 0 Å². The average molecular weight is 539 g/mol. The molecule has 3 rings (SSSR count). The first kappa shape index (κ1) is 28.8. The van der Waals surface area contributed by atoms with Crippen LogP contribution in [0, 0.1) is 0 Å². The summed E-state index contributed by atoms with van der Waals surface area (Å²) < 4.78 is 47.0. The molecule has 2 atom stereocenters. The summed E-state index contributed by atoms with van der Waals surface area (Å²) in [6.45, 7) is 9.40. The molecule has 1 aromatic carbocycles.